The molecule has 0 unspecified atom stereocenters. The molecule has 0 aliphatic heterocycles. The van der Waals surface area contributed by atoms with Crippen LogP contribution in [0.3, 0.4) is 0 Å². The van der Waals surface area contributed by atoms with E-state index in [0.29, 0.717) is 35.2 Å². The smallest absolute Gasteiger partial charge is 0.215 e. The Labute approximate surface area is 173 Å². The van der Waals surface area contributed by atoms with Crippen LogP contribution in [-0.2, 0) is 11.8 Å². The van der Waals surface area contributed by atoms with Crippen molar-refractivity contribution in [2.75, 3.05) is 17.3 Å². The summed E-state index contributed by atoms with van der Waals surface area (Å²) in [6, 6.07) is 18.3. The first kappa shape index (κ1) is 19.0. The van der Waals surface area contributed by atoms with Gasteiger partial charge in [0.15, 0.2) is 0 Å². The molecule has 0 fully saturated rings. The van der Waals surface area contributed by atoms with Crippen LogP contribution in [0.1, 0.15) is 5.56 Å². The molecule has 0 atom stereocenters. The minimum absolute atomic E-state index is 0.496. The van der Waals surface area contributed by atoms with Gasteiger partial charge in [-0.1, -0.05) is 0 Å². The van der Waals surface area contributed by atoms with Gasteiger partial charge in [-0.05, 0) is 42.5 Å². The number of amides is 1. The van der Waals surface area contributed by atoms with Crippen LogP contribution in [0, 0.1) is 11.3 Å². The van der Waals surface area contributed by atoms with Gasteiger partial charge in [-0.2, -0.15) is 5.26 Å². The minimum Gasteiger partial charge on any atom is -0.457 e. The summed E-state index contributed by atoms with van der Waals surface area (Å²) in [5, 5.41) is 12.2. The van der Waals surface area contributed by atoms with Crippen LogP contribution in [0.2, 0.25) is 0 Å². The van der Waals surface area contributed by atoms with Gasteiger partial charge in [-0.25, -0.2) is 9.97 Å². The zero-order chi connectivity index (χ0) is 21.1. The number of carbonyl (C=O) groups is 1. The van der Waals surface area contributed by atoms with Crippen molar-refractivity contribution < 1.29 is 9.53 Å². The van der Waals surface area contributed by atoms with E-state index in [1.54, 1.807) is 37.5 Å². The monoisotopic (exact) mass is 398 g/mol. The predicted octanol–water partition coefficient (Wildman–Crippen LogP) is 3.97. The van der Waals surface area contributed by atoms with Gasteiger partial charge < -0.3 is 19.5 Å². The molecule has 1 amide bonds. The molecular formula is C22H18N6O2. The van der Waals surface area contributed by atoms with Gasteiger partial charge in [0.1, 0.15) is 17.3 Å². The summed E-state index contributed by atoms with van der Waals surface area (Å²) in [6.45, 7) is 0. The molecule has 2 aromatic carbocycles. The largest absolute Gasteiger partial charge is 0.457 e. The molecule has 0 radical (unpaired) electrons. The van der Waals surface area contributed by atoms with Crippen LogP contribution < -0.4 is 15.0 Å². The number of rotatable bonds is 6. The zero-order valence-corrected chi connectivity index (χ0v) is 16.4. The molecule has 8 heteroatoms. The number of nitrogens with one attached hydrogen (secondary N) is 1. The molecule has 0 spiro atoms. The number of anilines is 3. The van der Waals surface area contributed by atoms with E-state index in [-0.39, 0.29) is 0 Å². The van der Waals surface area contributed by atoms with Crippen molar-refractivity contribution >= 4 is 34.9 Å². The number of fused-ring (bicyclic) bond motifs is 1. The lowest BCUT2D eigenvalue weighted by molar-refractivity contribution is -0.107. The Morgan fingerprint density at radius 3 is 2.63 bits per heavy atom. The average molecular weight is 398 g/mol. The van der Waals surface area contributed by atoms with Crippen molar-refractivity contribution in [1.29, 1.82) is 5.26 Å². The summed E-state index contributed by atoms with van der Waals surface area (Å²) in [4.78, 5) is 21.1. The highest BCUT2D eigenvalue weighted by Crippen LogP contribution is 2.29. The van der Waals surface area contributed by atoms with E-state index in [1.165, 1.54) is 4.90 Å². The maximum atomic E-state index is 10.9. The molecule has 1 N–H and O–H groups in total. The summed E-state index contributed by atoms with van der Waals surface area (Å²) < 4.78 is 7.88. The number of carbonyl (C=O) groups excluding carboxylic acids is 1. The number of nitriles is 1. The Morgan fingerprint density at radius 2 is 1.90 bits per heavy atom. The molecule has 0 saturated heterocycles. The van der Waals surface area contributed by atoms with Gasteiger partial charge in [-0.15, -0.1) is 0 Å². The molecule has 0 aliphatic rings. The lowest BCUT2D eigenvalue weighted by Crippen LogP contribution is -2.14. The van der Waals surface area contributed by atoms with Crippen molar-refractivity contribution in [3.8, 4) is 17.6 Å². The number of hydrogen-bond acceptors (Lipinski definition) is 6. The molecular weight excluding hydrogens is 380 g/mol. The van der Waals surface area contributed by atoms with E-state index in [4.69, 9.17) is 10.00 Å². The van der Waals surface area contributed by atoms with E-state index >= 15 is 0 Å². The zero-order valence-electron chi connectivity index (χ0n) is 16.4. The summed E-state index contributed by atoms with van der Waals surface area (Å²) in [6.07, 6.45) is 2.28. The van der Waals surface area contributed by atoms with E-state index in [2.05, 4.69) is 21.4 Å². The number of nitrogens with zero attached hydrogens (tertiary/aromatic N) is 5. The minimum atomic E-state index is 0.496. The Balaban J connectivity index is 1.59. The highest BCUT2D eigenvalue weighted by atomic mass is 16.5. The second kappa shape index (κ2) is 7.93. The van der Waals surface area contributed by atoms with Crippen molar-refractivity contribution in [2.24, 2.45) is 7.05 Å². The van der Waals surface area contributed by atoms with Gasteiger partial charge >= 0.3 is 0 Å². The maximum Gasteiger partial charge on any atom is 0.215 e. The number of imidazole rings is 1. The fourth-order valence-corrected chi connectivity index (χ4v) is 2.96. The van der Waals surface area contributed by atoms with Crippen LogP contribution in [0.5, 0.6) is 11.5 Å². The summed E-state index contributed by atoms with van der Waals surface area (Å²) >= 11 is 0. The van der Waals surface area contributed by atoms with Gasteiger partial charge in [0.25, 0.3) is 0 Å². The second-order valence-electron chi connectivity index (χ2n) is 6.63. The molecule has 0 saturated carbocycles. The fraction of sp³-hybridized carbons (Fsp3) is 0.0909. The molecule has 0 bridgehead atoms. The number of benzene rings is 2. The van der Waals surface area contributed by atoms with Crippen molar-refractivity contribution in [1.82, 2.24) is 14.5 Å². The van der Waals surface area contributed by atoms with Crippen LogP contribution >= 0.6 is 0 Å². The highest BCUT2D eigenvalue weighted by molar-refractivity contribution is 5.81. The molecule has 30 heavy (non-hydrogen) atoms. The standard InChI is InChI=1S/C22H18N6O2/c1-27(14-29)21-12-18(9-10-24-21)30-17-7-8-20-19(11-17)26-22(28(20)2)25-16-5-3-15(13-23)4-6-16/h3-12,14H,1-2H3,(H,25,26). The third-order valence-electron chi connectivity index (χ3n) is 4.59. The van der Waals surface area contributed by atoms with E-state index in [1.807, 2.05) is 41.9 Å². The van der Waals surface area contributed by atoms with Crippen LogP contribution in [0.15, 0.2) is 60.8 Å². The fourth-order valence-electron chi connectivity index (χ4n) is 2.96. The SMILES string of the molecule is CN(C=O)c1cc(Oc2ccc3c(c2)nc(Nc2ccc(C#N)cc2)n3C)ccn1. The number of aromatic nitrogens is 3. The average Bonchev–Trinajstić information content (AvgIpc) is 3.08. The first-order valence-electron chi connectivity index (χ1n) is 9.13. The van der Waals surface area contributed by atoms with E-state index in [0.717, 1.165) is 16.7 Å². The van der Waals surface area contributed by atoms with Crippen molar-refractivity contribution in [2.45, 2.75) is 0 Å². The first-order chi connectivity index (χ1) is 14.6. The first-order valence-corrected chi connectivity index (χ1v) is 9.13. The number of aryl methyl sites for hydroxylation is 1. The second-order valence-corrected chi connectivity index (χ2v) is 6.63. The Hall–Kier alpha value is -4.38. The summed E-state index contributed by atoms with van der Waals surface area (Å²) in [5.74, 6) is 2.36. The maximum absolute atomic E-state index is 10.9. The molecule has 8 nitrogen and oxygen atoms in total. The molecule has 2 aromatic heterocycles. The topological polar surface area (TPSA) is 96.1 Å². The Kier molecular flexibility index (Phi) is 5.01. The molecule has 148 valence electrons. The van der Waals surface area contributed by atoms with Gasteiger partial charge in [-0.3, -0.25) is 4.79 Å². The summed E-state index contributed by atoms with van der Waals surface area (Å²) in [7, 11) is 3.55. The lowest BCUT2D eigenvalue weighted by atomic mass is 10.2. The van der Waals surface area contributed by atoms with Crippen molar-refractivity contribution in [3.63, 3.8) is 0 Å². The lowest BCUT2D eigenvalue weighted by Gasteiger charge is -2.11. The van der Waals surface area contributed by atoms with Crippen LogP contribution in [-0.4, -0.2) is 28.0 Å². The quantitative estimate of drug-likeness (QED) is 0.494. The Bertz CT molecular complexity index is 1260. The third-order valence-corrected chi connectivity index (χ3v) is 4.59. The predicted molar refractivity (Wildman–Crippen MR) is 114 cm³/mol. The third kappa shape index (κ3) is 3.77. The number of hydrogen-bond donors (Lipinski definition) is 1. The van der Waals surface area contributed by atoms with Crippen LogP contribution in [0.25, 0.3) is 11.0 Å². The van der Waals surface area contributed by atoms with Crippen molar-refractivity contribution in [3.05, 3.63) is 66.4 Å². The van der Waals surface area contributed by atoms with Gasteiger partial charge in [0, 0.05) is 38.1 Å². The molecule has 4 rings (SSSR count). The molecule has 4 aromatic rings. The normalized spacial score (nSPS) is 10.4. The van der Waals surface area contributed by atoms with E-state index in [9.17, 15) is 4.79 Å². The van der Waals surface area contributed by atoms with Gasteiger partial charge in [0.2, 0.25) is 12.4 Å². The molecule has 2 heterocycles. The highest BCUT2D eigenvalue weighted by Gasteiger charge is 2.10. The molecule has 0 aliphatic carbocycles. The number of ether oxygens (including phenoxy) is 1. The van der Waals surface area contributed by atoms with Gasteiger partial charge in [0.05, 0.1) is 22.7 Å². The number of pyridine rings is 1. The summed E-state index contributed by atoms with van der Waals surface area (Å²) in [5.41, 5.74) is 3.15. The van der Waals surface area contributed by atoms with E-state index < -0.39 is 0 Å². The van der Waals surface area contributed by atoms with Crippen LogP contribution in [0.4, 0.5) is 17.5 Å². The Morgan fingerprint density at radius 1 is 1.13 bits per heavy atom.